The van der Waals surface area contributed by atoms with Crippen LogP contribution in [0.1, 0.15) is 33.5 Å². The summed E-state index contributed by atoms with van der Waals surface area (Å²) in [6.07, 6.45) is -8.23. The number of hydrogen-bond acceptors (Lipinski definition) is 2. The molecule has 0 spiro atoms. The van der Waals surface area contributed by atoms with Gasteiger partial charge < -0.3 is 9.88 Å². The van der Waals surface area contributed by atoms with Gasteiger partial charge in [0.2, 0.25) is 0 Å². The molecule has 0 radical (unpaired) electrons. The molecule has 0 bridgehead atoms. The lowest BCUT2D eigenvalue weighted by atomic mass is 10.0. The number of halogens is 6. The Labute approximate surface area is 155 Å². The first-order chi connectivity index (χ1) is 12.9. The Hall–Kier alpha value is -2.78. The topological polar surface area (TPSA) is 51.1 Å². The van der Waals surface area contributed by atoms with Gasteiger partial charge in [0.15, 0.2) is 0 Å². The molecule has 0 saturated heterocycles. The maximum absolute atomic E-state index is 12.8. The highest BCUT2D eigenvalue weighted by Crippen LogP contribution is 2.36. The molecule has 1 aromatic heterocycles. The molecule has 0 aliphatic carbocycles. The number of aryl methyl sites for hydroxylation is 2. The van der Waals surface area contributed by atoms with E-state index in [4.69, 9.17) is 0 Å². The van der Waals surface area contributed by atoms with Gasteiger partial charge in [-0.25, -0.2) is 0 Å². The molecule has 1 aromatic carbocycles. The second-order valence-electron chi connectivity index (χ2n) is 6.14. The van der Waals surface area contributed by atoms with Crippen LogP contribution in [0.25, 0.3) is 0 Å². The zero-order valence-electron chi connectivity index (χ0n) is 14.6. The van der Waals surface area contributed by atoms with Crippen molar-refractivity contribution in [3.05, 3.63) is 69.1 Å². The van der Waals surface area contributed by atoms with Gasteiger partial charge in [0.05, 0.1) is 11.1 Å². The van der Waals surface area contributed by atoms with E-state index in [0.29, 0.717) is 12.1 Å². The minimum absolute atomic E-state index is 0.0310. The van der Waals surface area contributed by atoms with E-state index in [1.54, 1.807) is 19.2 Å². The first-order valence-corrected chi connectivity index (χ1v) is 8.13. The third kappa shape index (κ3) is 5.61. The van der Waals surface area contributed by atoms with E-state index in [9.17, 15) is 35.9 Å². The fourth-order valence-electron chi connectivity index (χ4n) is 2.43. The molecular formula is C18H16F6N2O2. The van der Waals surface area contributed by atoms with Gasteiger partial charge in [-0.1, -0.05) is 0 Å². The smallest absolute Gasteiger partial charge is 0.352 e. The van der Waals surface area contributed by atoms with E-state index in [-0.39, 0.29) is 31.1 Å². The molecule has 0 atom stereocenters. The van der Waals surface area contributed by atoms with Crippen LogP contribution in [0.4, 0.5) is 26.3 Å². The highest BCUT2D eigenvalue weighted by molar-refractivity contribution is 5.94. The number of nitrogens with one attached hydrogen (secondary N) is 1. The van der Waals surface area contributed by atoms with Crippen LogP contribution < -0.4 is 10.9 Å². The number of carbonyl (C=O) groups is 1. The van der Waals surface area contributed by atoms with E-state index < -0.39 is 35.0 Å². The van der Waals surface area contributed by atoms with Gasteiger partial charge in [-0.2, -0.15) is 26.3 Å². The average Bonchev–Trinajstić information content (AvgIpc) is 2.58. The number of carbonyl (C=O) groups excluding carboxylic acids is 1. The predicted octanol–water partition coefficient (Wildman–Crippen LogP) is 4.01. The SMILES string of the molecule is Cc1ccn(CCCNC(=O)c2cc(C(F)(F)F)cc(C(F)(F)F)c2)c(=O)c1. The number of amides is 1. The number of nitrogens with zero attached hydrogens (tertiary/aromatic N) is 1. The van der Waals surface area contributed by atoms with Crippen LogP contribution >= 0.6 is 0 Å². The first kappa shape index (κ1) is 21.5. The molecule has 152 valence electrons. The molecule has 10 heteroatoms. The zero-order chi connectivity index (χ0) is 21.1. The van der Waals surface area contributed by atoms with Crippen LogP contribution in [0.2, 0.25) is 0 Å². The summed E-state index contributed by atoms with van der Waals surface area (Å²) in [5, 5.41) is 2.27. The molecule has 1 amide bonds. The molecular weight excluding hydrogens is 390 g/mol. The van der Waals surface area contributed by atoms with E-state index in [1.807, 2.05) is 0 Å². The molecule has 28 heavy (non-hydrogen) atoms. The van der Waals surface area contributed by atoms with E-state index in [1.165, 1.54) is 10.6 Å². The fourth-order valence-corrected chi connectivity index (χ4v) is 2.43. The minimum Gasteiger partial charge on any atom is -0.352 e. The number of alkyl halides is 6. The second-order valence-corrected chi connectivity index (χ2v) is 6.14. The van der Waals surface area contributed by atoms with Gasteiger partial charge in [-0.05, 0) is 43.2 Å². The molecule has 2 aromatic rings. The van der Waals surface area contributed by atoms with E-state index in [2.05, 4.69) is 5.32 Å². The standard InChI is InChI=1S/C18H16F6N2O2/c1-11-3-6-26(15(27)7-11)5-2-4-25-16(28)12-8-13(17(19,20)21)10-14(9-12)18(22,23)24/h3,6-10H,2,4-5H2,1H3,(H,25,28). The summed E-state index contributed by atoms with van der Waals surface area (Å²) in [5.74, 6) is -1.06. The molecule has 4 nitrogen and oxygen atoms in total. The van der Waals surface area contributed by atoms with Crippen molar-refractivity contribution in [1.82, 2.24) is 9.88 Å². The highest BCUT2D eigenvalue weighted by atomic mass is 19.4. The molecule has 0 aliphatic heterocycles. The lowest BCUT2D eigenvalue weighted by Gasteiger charge is -2.14. The summed E-state index contributed by atoms with van der Waals surface area (Å²) in [6, 6.07) is 3.83. The summed E-state index contributed by atoms with van der Waals surface area (Å²) in [7, 11) is 0. The van der Waals surface area contributed by atoms with Crippen molar-refractivity contribution in [2.24, 2.45) is 0 Å². The van der Waals surface area contributed by atoms with Gasteiger partial charge in [-0.3, -0.25) is 9.59 Å². The normalized spacial score (nSPS) is 12.1. The molecule has 1 N–H and O–H groups in total. The van der Waals surface area contributed by atoms with Crippen LogP contribution in [0.3, 0.4) is 0 Å². The maximum Gasteiger partial charge on any atom is 0.416 e. The average molecular weight is 406 g/mol. The summed E-state index contributed by atoms with van der Waals surface area (Å²) < 4.78 is 78.4. The van der Waals surface area contributed by atoms with Crippen molar-refractivity contribution in [3.63, 3.8) is 0 Å². The van der Waals surface area contributed by atoms with Gasteiger partial charge in [0.1, 0.15) is 0 Å². The lowest BCUT2D eigenvalue weighted by molar-refractivity contribution is -0.143. The first-order valence-electron chi connectivity index (χ1n) is 8.13. The monoisotopic (exact) mass is 406 g/mol. The van der Waals surface area contributed by atoms with Crippen molar-refractivity contribution < 1.29 is 31.1 Å². The largest absolute Gasteiger partial charge is 0.416 e. The van der Waals surface area contributed by atoms with Gasteiger partial charge in [-0.15, -0.1) is 0 Å². The molecule has 1 heterocycles. The minimum atomic E-state index is -5.02. The van der Waals surface area contributed by atoms with Crippen LogP contribution in [0.15, 0.2) is 41.3 Å². The summed E-state index contributed by atoms with van der Waals surface area (Å²) in [5.41, 5.74) is -3.33. The lowest BCUT2D eigenvalue weighted by Crippen LogP contribution is -2.27. The Balaban J connectivity index is 2.08. The Morgan fingerprint density at radius 2 is 1.57 bits per heavy atom. The Morgan fingerprint density at radius 1 is 1.00 bits per heavy atom. The number of hydrogen-bond donors (Lipinski definition) is 1. The highest BCUT2D eigenvalue weighted by Gasteiger charge is 2.37. The van der Waals surface area contributed by atoms with Gasteiger partial charge in [0, 0.05) is 30.9 Å². The Bertz CT molecular complexity index is 883. The summed E-state index contributed by atoms with van der Waals surface area (Å²) in [6.45, 7) is 1.95. The summed E-state index contributed by atoms with van der Waals surface area (Å²) in [4.78, 5) is 23.7. The van der Waals surface area contributed by atoms with Crippen LogP contribution in [-0.2, 0) is 18.9 Å². The third-order valence-electron chi connectivity index (χ3n) is 3.86. The Morgan fingerprint density at radius 3 is 2.07 bits per heavy atom. The van der Waals surface area contributed by atoms with Crippen molar-refractivity contribution in [2.75, 3.05) is 6.54 Å². The third-order valence-corrected chi connectivity index (χ3v) is 3.86. The number of pyridine rings is 1. The predicted molar refractivity (Wildman–Crippen MR) is 88.8 cm³/mol. The number of rotatable bonds is 5. The van der Waals surface area contributed by atoms with Crippen LogP contribution in [-0.4, -0.2) is 17.0 Å². The van der Waals surface area contributed by atoms with Crippen LogP contribution in [0.5, 0.6) is 0 Å². The zero-order valence-corrected chi connectivity index (χ0v) is 14.6. The van der Waals surface area contributed by atoms with Crippen LogP contribution in [0, 0.1) is 6.92 Å². The second kappa shape index (κ2) is 8.07. The van der Waals surface area contributed by atoms with Crippen molar-refractivity contribution in [3.8, 4) is 0 Å². The molecule has 0 fully saturated rings. The maximum atomic E-state index is 12.8. The fraction of sp³-hybridized carbons (Fsp3) is 0.333. The van der Waals surface area contributed by atoms with E-state index >= 15 is 0 Å². The quantitative estimate of drug-likeness (QED) is 0.603. The van der Waals surface area contributed by atoms with E-state index in [0.717, 1.165) is 5.56 Å². The Kier molecular flexibility index (Phi) is 6.20. The van der Waals surface area contributed by atoms with Gasteiger partial charge >= 0.3 is 12.4 Å². The molecule has 0 saturated carbocycles. The number of benzene rings is 1. The summed E-state index contributed by atoms with van der Waals surface area (Å²) >= 11 is 0. The van der Waals surface area contributed by atoms with Crippen molar-refractivity contribution in [1.29, 1.82) is 0 Å². The molecule has 2 rings (SSSR count). The molecule has 0 unspecified atom stereocenters. The number of aromatic nitrogens is 1. The van der Waals surface area contributed by atoms with Gasteiger partial charge in [0.25, 0.3) is 11.5 Å². The van der Waals surface area contributed by atoms with Crippen molar-refractivity contribution >= 4 is 5.91 Å². The molecule has 0 aliphatic rings. The van der Waals surface area contributed by atoms with Crippen molar-refractivity contribution in [2.45, 2.75) is 32.2 Å².